The van der Waals surface area contributed by atoms with Gasteiger partial charge >= 0.3 is 0 Å². The van der Waals surface area contributed by atoms with E-state index in [2.05, 4.69) is 35.9 Å². The van der Waals surface area contributed by atoms with Crippen molar-refractivity contribution in [1.29, 1.82) is 0 Å². The number of hydrogen-bond donors (Lipinski definition) is 2. The van der Waals surface area contributed by atoms with E-state index in [-0.39, 0.29) is 12.1 Å². The maximum atomic E-state index is 9.66. The van der Waals surface area contributed by atoms with Gasteiger partial charge in [0.05, 0.1) is 19.8 Å². The predicted octanol–water partition coefficient (Wildman–Crippen LogP) is 0.532. The van der Waals surface area contributed by atoms with Crippen LogP contribution in [-0.4, -0.2) is 85.1 Å². The van der Waals surface area contributed by atoms with Gasteiger partial charge < -0.3 is 15.2 Å². The fourth-order valence-corrected chi connectivity index (χ4v) is 3.81. The summed E-state index contributed by atoms with van der Waals surface area (Å²) in [5.74, 6) is 0. The zero-order chi connectivity index (χ0) is 15.3. The molecule has 0 aromatic carbocycles. The van der Waals surface area contributed by atoms with Gasteiger partial charge in [-0.3, -0.25) is 9.80 Å². The molecular formula is C16H33N3O2. The summed E-state index contributed by atoms with van der Waals surface area (Å²) >= 11 is 0. The van der Waals surface area contributed by atoms with E-state index in [4.69, 9.17) is 4.74 Å². The standard InChI is InChI=1S/C16H33N3O2/c1-4-17-16(3,13-20)11-14(2)19-6-5-15(12-19)18-7-9-21-10-8-18/h14-15,17,20H,4-13H2,1-3H3. The van der Waals surface area contributed by atoms with E-state index >= 15 is 0 Å². The topological polar surface area (TPSA) is 48.0 Å². The van der Waals surface area contributed by atoms with Crippen molar-refractivity contribution in [3.63, 3.8) is 0 Å². The van der Waals surface area contributed by atoms with Crippen molar-refractivity contribution in [2.45, 2.75) is 51.2 Å². The summed E-state index contributed by atoms with van der Waals surface area (Å²) < 4.78 is 5.45. The lowest BCUT2D eigenvalue weighted by Gasteiger charge is -2.36. The number of nitrogens with one attached hydrogen (secondary N) is 1. The summed E-state index contributed by atoms with van der Waals surface area (Å²) in [7, 11) is 0. The van der Waals surface area contributed by atoms with E-state index in [1.54, 1.807) is 0 Å². The first-order chi connectivity index (χ1) is 10.1. The van der Waals surface area contributed by atoms with Gasteiger partial charge in [0.25, 0.3) is 0 Å². The average Bonchev–Trinajstić information content (AvgIpc) is 2.98. The molecule has 124 valence electrons. The molecule has 2 rings (SSSR count). The number of likely N-dealkylation sites (N-methyl/N-ethyl adjacent to an activating group) is 1. The second-order valence-electron chi connectivity index (χ2n) is 6.89. The number of aliphatic hydroxyl groups excluding tert-OH is 1. The fourth-order valence-electron chi connectivity index (χ4n) is 3.81. The highest BCUT2D eigenvalue weighted by Crippen LogP contribution is 2.23. The lowest BCUT2D eigenvalue weighted by Crippen LogP contribution is -2.51. The van der Waals surface area contributed by atoms with Crippen molar-refractivity contribution in [1.82, 2.24) is 15.1 Å². The lowest BCUT2D eigenvalue weighted by molar-refractivity contribution is 0.0172. The van der Waals surface area contributed by atoms with E-state index in [1.807, 2.05) is 0 Å². The zero-order valence-electron chi connectivity index (χ0n) is 14.0. The van der Waals surface area contributed by atoms with Crippen molar-refractivity contribution >= 4 is 0 Å². The smallest absolute Gasteiger partial charge is 0.0611 e. The van der Waals surface area contributed by atoms with Gasteiger partial charge in [0.15, 0.2) is 0 Å². The third-order valence-electron chi connectivity index (χ3n) is 5.08. The molecule has 0 amide bonds. The largest absolute Gasteiger partial charge is 0.394 e. The Bertz CT molecular complexity index is 310. The van der Waals surface area contributed by atoms with E-state index < -0.39 is 0 Å². The van der Waals surface area contributed by atoms with Crippen LogP contribution in [0, 0.1) is 0 Å². The van der Waals surface area contributed by atoms with Crippen molar-refractivity contribution in [2.75, 3.05) is 52.5 Å². The maximum absolute atomic E-state index is 9.66. The van der Waals surface area contributed by atoms with Gasteiger partial charge in [0, 0.05) is 43.8 Å². The minimum Gasteiger partial charge on any atom is -0.394 e. The van der Waals surface area contributed by atoms with Crippen LogP contribution >= 0.6 is 0 Å². The highest BCUT2D eigenvalue weighted by molar-refractivity contribution is 4.91. The first kappa shape index (κ1) is 17.2. The molecule has 2 aliphatic rings. The van der Waals surface area contributed by atoms with Crippen LogP contribution in [-0.2, 0) is 4.74 Å². The summed E-state index contributed by atoms with van der Waals surface area (Å²) in [6.45, 7) is 13.9. The number of nitrogens with zero attached hydrogens (tertiary/aromatic N) is 2. The Hall–Kier alpha value is -0.200. The van der Waals surface area contributed by atoms with Crippen LogP contribution in [0.15, 0.2) is 0 Å². The van der Waals surface area contributed by atoms with Crippen LogP contribution in [0.25, 0.3) is 0 Å². The van der Waals surface area contributed by atoms with Gasteiger partial charge in [-0.25, -0.2) is 0 Å². The van der Waals surface area contributed by atoms with E-state index in [0.29, 0.717) is 12.1 Å². The van der Waals surface area contributed by atoms with Crippen LogP contribution in [0.5, 0.6) is 0 Å². The average molecular weight is 299 g/mol. The Labute approximate surface area is 129 Å². The quantitative estimate of drug-likeness (QED) is 0.718. The number of aliphatic hydroxyl groups is 1. The van der Waals surface area contributed by atoms with Crippen molar-refractivity contribution < 1.29 is 9.84 Å². The van der Waals surface area contributed by atoms with Crippen molar-refractivity contribution in [3.05, 3.63) is 0 Å². The van der Waals surface area contributed by atoms with E-state index in [0.717, 1.165) is 45.8 Å². The molecule has 5 nitrogen and oxygen atoms in total. The molecule has 0 aliphatic carbocycles. The molecule has 0 aromatic heterocycles. The minimum absolute atomic E-state index is 0.161. The molecule has 0 spiro atoms. The second kappa shape index (κ2) is 7.88. The molecule has 2 aliphatic heterocycles. The highest BCUT2D eigenvalue weighted by atomic mass is 16.5. The number of hydrogen-bond acceptors (Lipinski definition) is 5. The molecule has 2 saturated heterocycles. The van der Waals surface area contributed by atoms with Gasteiger partial charge in [-0.05, 0) is 33.2 Å². The summed E-state index contributed by atoms with van der Waals surface area (Å²) in [6.07, 6.45) is 2.26. The Morgan fingerprint density at radius 3 is 2.67 bits per heavy atom. The molecule has 0 saturated carbocycles. The molecule has 3 unspecified atom stereocenters. The Morgan fingerprint density at radius 2 is 2.05 bits per heavy atom. The van der Waals surface area contributed by atoms with Crippen molar-refractivity contribution in [3.8, 4) is 0 Å². The maximum Gasteiger partial charge on any atom is 0.0611 e. The van der Waals surface area contributed by atoms with Crippen LogP contribution in [0.4, 0.5) is 0 Å². The first-order valence-electron chi connectivity index (χ1n) is 8.49. The molecule has 2 heterocycles. The molecule has 0 bridgehead atoms. The third kappa shape index (κ3) is 4.63. The van der Waals surface area contributed by atoms with E-state index in [1.165, 1.54) is 13.0 Å². The van der Waals surface area contributed by atoms with Gasteiger partial charge in [0.2, 0.25) is 0 Å². The van der Waals surface area contributed by atoms with Crippen LogP contribution < -0.4 is 5.32 Å². The van der Waals surface area contributed by atoms with Gasteiger partial charge in [-0.15, -0.1) is 0 Å². The molecule has 5 heteroatoms. The highest BCUT2D eigenvalue weighted by Gasteiger charge is 2.33. The second-order valence-corrected chi connectivity index (χ2v) is 6.89. The van der Waals surface area contributed by atoms with Crippen LogP contribution in [0.2, 0.25) is 0 Å². The number of likely N-dealkylation sites (tertiary alicyclic amines) is 1. The van der Waals surface area contributed by atoms with Crippen LogP contribution in [0.1, 0.15) is 33.6 Å². The summed E-state index contributed by atoms with van der Waals surface area (Å²) in [4.78, 5) is 5.18. The van der Waals surface area contributed by atoms with Gasteiger partial charge in [-0.1, -0.05) is 6.92 Å². The molecule has 21 heavy (non-hydrogen) atoms. The van der Waals surface area contributed by atoms with Crippen LogP contribution in [0.3, 0.4) is 0 Å². The zero-order valence-corrected chi connectivity index (χ0v) is 14.0. The Kier molecular flexibility index (Phi) is 6.44. The molecule has 2 fully saturated rings. The predicted molar refractivity (Wildman–Crippen MR) is 85.6 cm³/mol. The molecule has 2 N–H and O–H groups in total. The summed E-state index contributed by atoms with van der Waals surface area (Å²) in [5.41, 5.74) is -0.161. The summed E-state index contributed by atoms with van der Waals surface area (Å²) in [5, 5.41) is 13.1. The number of morpholine rings is 1. The normalized spacial score (nSPS) is 29.4. The van der Waals surface area contributed by atoms with Gasteiger partial charge in [-0.2, -0.15) is 0 Å². The SMILES string of the molecule is CCNC(C)(CO)CC(C)N1CCC(N2CCOCC2)C1. The Balaban J connectivity index is 1.82. The summed E-state index contributed by atoms with van der Waals surface area (Å²) in [6, 6.07) is 1.20. The third-order valence-corrected chi connectivity index (χ3v) is 5.08. The lowest BCUT2D eigenvalue weighted by atomic mass is 9.94. The number of rotatable bonds is 7. The van der Waals surface area contributed by atoms with Crippen molar-refractivity contribution in [2.24, 2.45) is 0 Å². The van der Waals surface area contributed by atoms with E-state index in [9.17, 15) is 5.11 Å². The Morgan fingerprint density at radius 1 is 1.33 bits per heavy atom. The minimum atomic E-state index is -0.161. The fraction of sp³-hybridized carbons (Fsp3) is 1.00. The molecule has 3 atom stereocenters. The molecular weight excluding hydrogens is 266 g/mol. The monoisotopic (exact) mass is 299 g/mol. The van der Waals surface area contributed by atoms with Gasteiger partial charge in [0.1, 0.15) is 0 Å². The molecule has 0 radical (unpaired) electrons. The first-order valence-corrected chi connectivity index (χ1v) is 8.49. The molecule has 0 aromatic rings. The number of ether oxygens (including phenoxy) is 1.